The van der Waals surface area contributed by atoms with Gasteiger partial charge in [0.1, 0.15) is 5.82 Å². The molecule has 5 rings (SSSR count). The highest BCUT2D eigenvalue weighted by atomic mass is 35.5. The number of benzene rings is 1. The van der Waals surface area contributed by atoms with Crippen LogP contribution in [-0.4, -0.2) is 50.8 Å². The van der Waals surface area contributed by atoms with E-state index in [1.807, 2.05) is 18.0 Å². The van der Waals surface area contributed by atoms with Crippen molar-refractivity contribution in [1.29, 1.82) is 0 Å². The first kappa shape index (κ1) is 23.6. The monoisotopic (exact) mass is 505 g/mol. The summed E-state index contributed by atoms with van der Waals surface area (Å²) in [5.41, 5.74) is 1.18. The summed E-state index contributed by atoms with van der Waals surface area (Å²) in [5.74, 6) is 0.458. The molecule has 1 atom stereocenters. The Bertz CT molecular complexity index is 1320. The maximum atomic E-state index is 13.8. The predicted molar refractivity (Wildman–Crippen MR) is 124 cm³/mol. The predicted octanol–water partition coefficient (Wildman–Crippen LogP) is 4.23. The Labute approximate surface area is 204 Å². The molecule has 0 unspecified atom stereocenters. The highest BCUT2D eigenvalue weighted by Gasteiger charge is 2.40. The molecule has 0 saturated heterocycles. The number of aryl methyl sites for hydroxylation is 1. The molecule has 0 radical (unpaired) electrons. The Morgan fingerprint density at radius 1 is 1.14 bits per heavy atom. The summed E-state index contributed by atoms with van der Waals surface area (Å²) < 4.78 is 42.3. The second-order valence-electron chi connectivity index (χ2n) is 8.93. The van der Waals surface area contributed by atoms with Crippen LogP contribution in [0.25, 0.3) is 11.1 Å². The number of carbonyl (C=O) groups excluding carboxylic acids is 1. The zero-order valence-electron chi connectivity index (χ0n) is 19.1. The highest BCUT2D eigenvalue weighted by molar-refractivity contribution is 6.30. The lowest BCUT2D eigenvalue weighted by atomic mass is 9.86. The fourth-order valence-corrected chi connectivity index (χ4v) is 5.28. The molecule has 11 heteroatoms. The number of fused-ring (bicyclic) bond motifs is 2. The smallest absolute Gasteiger partial charge is 0.392 e. The minimum absolute atomic E-state index is 0.103. The maximum Gasteiger partial charge on any atom is 0.435 e. The van der Waals surface area contributed by atoms with Gasteiger partial charge in [-0.1, -0.05) is 11.6 Å². The first-order valence-corrected chi connectivity index (χ1v) is 11.5. The fraction of sp³-hybridized carbons (Fsp3) is 0.375. The molecule has 0 bridgehead atoms. The molecular weight excluding hydrogens is 483 g/mol. The van der Waals surface area contributed by atoms with Gasteiger partial charge in [-0.15, -0.1) is 0 Å². The zero-order valence-corrected chi connectivity index (χ0v) is 19.9. The lowest BCUT2D eigenvalue weighted by Crippen LogP contribution is -2.44. The van der Waals surface area contributed by atoms with E-state index >= 15 is 0 Å². The highest BCUT2D eigenvalue weighted by Crippen LogP contribution is 2.42. The summed E-state index contributed by atoms with van der Waals surface area (Å²) in [6.45, 7) is 0.612. The third kappa shape index (κ3) is 4.04. The average molecular weight is 506 g/mol. The lowest BCUT2D eigenvalue weighted by molar-refractivity contribution is -0.140. The van der Waals surface area contributed by atoms with Gasteiger partial charge >= 0.3 is 6.18 Å². The fourth-order valence-electron chi connectivity index (χ4n) is 5.12. The number of anilines is 1. The largest absolute Gasteiger partial charge is 0.435 e. The number of hydrogen-bond donors (Lipinski definition) is 1. The molecule has 2 aliphatic rings. The minimum atomic E-state index is -4.66. The number of amides is 1. The van der Waals surface area contributed by atoms with Gasteiger partial charge in [-0.2, -0.15) is 18.3 Å². The summed E-state index contributed by atoms with van der Waals surface area (Å²) in [5, 5.41) is 13.9. The van der Waals surface area contributed by atoms with Gasteiger partial charge in [-0.3, -0.25) is 9.48 Å². The van der Waals surface area contributed by atoms with Crippen molar-refractivity contribution in [2.45, 2.75) is 31.7 Å². The van der Waals surface area contributed by atoms with Gasteiger partial charge in [0.15, 0.2) is 5.69 Å². The van der Waals surface area contributed by atoms with Crippen molar-refractivity contribution in [1.82, 2.24) is 19.7 Å². The van der Waals surface area contributed by atoms with E-state index in [9.17, 15) is 23.1 Å². The number of pyridine rings is 1. The van der Waals surface area contributed by atoms with E-state index < -0.39 is 18.5 Å². The van der Waals surface area contributed by atoms with Crippen LogP contribution in [0.3, 0.4) is 0 Å². The first-order chi connectivity index (χ1) is 16.6. The number of rotatable bonds is 3. The van der Waals surface area contributed by atoms with Crippen molar-refractivity contribution < 1.29 is 23.1 Å². The van der Waals surface area contributed by atoms with Gasteiger partial charge in [0, 0.05) is 56.3 Å². The molecule has 2 aliphatic heterocycles. The number of aliphatic hydroxyl groups excluding tert-OH is 1. The van der Waals surface area contributed by atoms with Crippen molar-refractivity contribution >= 4 is 23.3 Å². The normalized spacial score (nSPS) is 18.0. The average Bonchev–Trinajstić information content (AvgIpc) is 3.21. The molecular formula is C24H23ClF3N5O2. The summed E-state index contributed by atoms with van der Waals surface area (Å²) in [7, 11) is 3.35. The molecule has 1 N–H and O–H groups in total. The van der Waals surface area contributed by atoms with Crippen LogP contribution in [0.5, 0.6) is 0 Å². The number of nitrogens with zero attached hydrogens (tertiary/aromatic N) is 5. The van der Waals surface area contributed by atoms with E-state index in [0.29, 0.717) is 47.6 Å². The molecule has 3 aromatic rings. The standard InChI is InChI=1S/C24H23ClF3N5O2/c1-31-5-4-20(18-9-14(25)10-29-22(18)31)33-6-3-15-16(7-13(12-34)8-17(15)23(33)35)19-11-32(2)30-21(19)24(26,27)28/h7-11,20,34H,3-6,12H2,1-2H3/t20-/m0/s1. The van der Waals surface area contributed by atoms with Crippen LogP contribution in [0.15, 0.2) is 30.6 Å². The summed E-state index contributed by atoms with van der Waals surface area (Å²) in [6.07, 6.45) is -0.757. The molecule has 1 aromatic carbocycles. The minimum Gasteiger partial charge on any atom is -0.392 e. The lowest BCUT2D eigenvalue weighted by Gasteiger charge is -2.41. The molecule has 4 heterocycles. The van der Waals surface area contributed by atoms with E-state index in [-0.39, 0.29) is 23.1 Å². The van der Waals surface area contributed by atoms with Crippen LogP contribution >= 0.6 is 11.6 Å². The van der Waals surface area contributed by atoms with Crippen molar-refractivity contribution in [2.24, 2.45) is 7.05 Å². The van der Waals surface area contributed by atoms with E-state index in [1.54, 1.807) is 17.2 Å². The molecule has 7 nitrogen and oxygen atoms in total. The Balaban J connectivity index is 1.61. The van der Waals surface area contributed by atoms with Gasteiger partial charge in [0.2, 0.25) is 0 Å². The molecule has 35 heavy (non-hydrogen) atoms. The van der Waals surface area contributed by atoms with Crippen LogP contribution in [0.2, 0.25) is 5.02 Å². The van der Waals surface area contributed by atoms with Crippen molar-refractivity contribution in [2.75, 3.05) is 25.0 Å². The van der Waals surface area contributed by atoms with E-state index in [2.05, 4.69) is 10.1 Å². The molecule has 2 aromatic heterocycles. The van der Waals surface area contributed by atoms with E-state index in [0.717, 1.165) is 16.1 Å². The van der Waals surface area contributed by atoms with Crippen LogP contribution in [0, 0.1) is 0 Å². The third-order valence-corrected chi connectivity index (χ3v) is 6.88. The van der Waals surface area contributed by atoms with Crippen LogP contribution in [-0.2, 0) is 26.3 Å². The number of aliphatic hydroxyl groups is 1. The van der Waals surface area contributed by atoms with Crippen molar-refractivity contribution in [3.8, 4) is 11.1 Å². The summed E-state index contributed by atoms with van der Waals surface area (Å²) in [4.78, 5) is 22.0. The van der Waals surface area contributed by atoms with Crippen LogP contribution in [0.4, 0.5) is 19.0 Å². The number of alkyl halides is 3. The Hall–Kier alpha value is -3.11. The second-order valence-corrected chi connectivity index (χ2v) is 9.37. The quantitative estimate of drug-likeness (QED) is 0.577. The van der Waals surface area contributed by atoms with Gasteiger partial charge in [0.25, 0.3) is 5.91 Å². The first-order valence-electron chi connectivity index (χ1n) is 11.1. The van der Waals surface area contributed by atoms with Gasteiger partial charge in [0.05, 0.1) is 17.7 Å². The maximum absolute atomic E-state index is 13.8. The molecule has 184 valence electrons. The van der Waals surface area contributed by atoms with E-state index in [4.69, 9.17) is 11.6 Å². The molecule has 1 amide bonds. The summed E-state index contributed by atoms with van der Waals surface area (Å²) in [6, 6.07) is 4.64. The number of halogens is 4. The molecule has 0 spiro atoms. The number of aromatic nitrogens is 3. The number of carbonyl (C=O) groups is 1. The van der Waals surface area contributed by atoms with Gasteiger partial charge in [-0.25, -0.2) is 4.98 Å². The van der Waals surface area contributed by atoms with Crippen LogP contribution in [0.1, 0.15) is 45.2 Å². The Kier molecular flexibility index (Phi) is 5.76. The molecule has 0 saturated carbocycles. The van der Waals surface area contributed by atoms with E-state index in [1.165, 1.54) is 19.3 Å². The summed E-state index contributed by atoms with van der Waals surface area (Å²) >= 11 is 6.22. The zero-order chi connectivity index (χ0) is 25.1. The SMILES string of the molecule is CN1CC[C@H](N2CCc3c(cc(CO)cc3-c3cn(C)nc3C(F)(F)F)C2=O)c2cc(Cl)cnc21. The Morgan fingerprint density at radius 3 is 2.60 bits per heavy atom. The molecule has 0 aliphatic carbocycles. The molecule has 0 fully saturated rings. The Morgan fingerprint density at radius 2 is 1.89 bits per heavy atom. The van der Waals surface area contributed by atoms with Crippen molar-refractivity contribution in [3.63, 3.8) is 0 Å². The van der Waals surface area contributed by atoms with Crippen LogP contribution < -0.4 is 4.90 Å². The number of hydrogen-bond acceptors (Lipinski definition) is 5. The second kappa shape index (κ2) is 8.53. The third-order valence-electron chi connectivity index (χ3n) is 6.67. The van der Waals surface area contributed by atoms with Gasteiger partial charge < -0.3 is 14.9 Å². The van der Waals surface area contributed by atoms with Gasteiger partial charge in [-0.05, 0) is 47.7 Å². The van der Waals surface area contributed by atoms with Crippen molar-refractivity contribution in [3.05, 3.63) is 63.6 Å². The topological polar surface area (TPSA) is 74.5 Å².